The van der Waals surface area contributed by atoms with Crippen molar-refractivity contribution in [2.24, 2.45) is 10.7 Å². The second kappa shape index (κ2) is 5.05. The van der Waals surface area contributed by atoms with Crippen molar-refractivity contribution in [1.82, 2.24) is 5.32 Å². The number of nitrogens with zero attached hydrogens (tertiary/aromatic N) is 1. The molecule has 0 amide bonds. The van der Waals surface area contributed by atoms with Gasteiger partial charge in [-0.3, -0.25) is 4.99 Å². The van der Waals surface area contributed by atoms with Gasteiger partial charge in [-0.25, -0.2) is 0 Å². The van der Waals surface area contributed by atoms with E-state index in [-0.39, 0.29) is 6.10 Å². The van der Waals surface area contributed by atoms with E-state index >= 15 is 0 Å². The van der Waals surface area contributed by atoms with Gasteiger partial charge < -0.3 is 16.2 Å². The number of nitrogens with one attached hydrogen (secondary N) is 1. The molecule has 1 unspecified atom stereocenters. The van der Waals surface area contributed by atoms with Crippen LogP contribution in [0.5, 0.6) is 0 Å². The number of guanidine groups is 1. The molecule has 0 saturated heterocycles. The third-order valence-electron chi connectivity index (χ3n) is 1.11. The lowest BCUT2D eigenvalue weighted by molar-refractivity contribution is 0.186. The van der Waals surface area contributed by atoms with E-state index in [4.69, 9.17) is 10.8 Å². The van der Waals surface area contributed by atoms with Gasteiger partial charge in [-0.2, -0.15) is 0 Å². The SMILES string of the molecule is CN=C(N)NCCC(C)O. The smallest absolute Gasteiger partial charge is 0.188 e. The number of hydrogen-bond acceptors (Lipinski definition) is 2. The minimum absolute atomic E-state index is 0.280. The average molecular weight is 145 g/mol. The summed E-state index contributed by atoms with van der Waals surface area (Å²) in [7, 11) is 1.62. The fourth-order valence-electron chi connectivity index (χ4n) is 0.488. The molecule has 0 bridgehead atoms. The Labute approximate surface area is 61.1 Å². The van der Waals surface area contributed by atoms with Crippen molar-refractivity contribution in [1.29, 1.82) is 0 Å². The van der Waals surface area contributed by atoms with Gasteiger partial charge in [0.15, 0.2) is 5.96 Å². The van der Waals surface area contributed by atoms with Gasteiger partial charge in [0.25, 0.3) is 0 Å². The van der Waals surface area contributed by atoms with Crippen molar-refractivity contribution in [3.05, 3.63) is 0 Å². The van der Waals surface area contributed by atoms with Crippen molar-refractivity contribution in [3.8, 4) is 0 Å². The second-order valence-electron chi connectivity index (χ2n) is 2.17. The molecule has 4 nitrogen and oxygen atoms in total. The molecular weight excluding hydrogens is 130 g/mol. The predicted octanol–water partition coefficient (Wildman–Crippen LogP) is -0.709. The third-order valence-corrected chi connectivity index (χ3v) is 1.11. The Balaban J connectivity index is 3.20. The Hall–Kier alpha value is -0.770. The lowest BCUT2D eigenvalue weighted by Gasteiger charge is -2.05. The predicted molar refractivity (Wildman–Crippen MR) is 41.8 cm³/mol. The van der Waals surface area contributed by atoms with Gasteiger partial charge in [-0.15, -0.1) is 0 Å². The van der Waals surface area contributed by atoms with Crippen LogP contribution in [0, 0.1) is 0 Å². The molecule has 4 N–H and O–H groups in total. The first-order chi connectivity index (χ1) is 4.66. The summed E-state index contributed by atoms with van der Waals surface area (Å²) < 4.78 is 0. The molecular formula is C6H15N3O. The fourth-order valence-corrected chi connectivity index (χ4v) is 0.488. The van der Waals surface area contributed by atoms with E-state index in [1.54, 1.807) is 14.0 Å². The summed E-state index contributed by atoms with van der Waals surface area (Å²) >= 11 is 0. The maximum Gasteiger partial charge on any atom is 0.188 e. The maximum absolute atomic E-state index is 8.82. The Morgan fingerprint density at radius 1 is 1.80 bits per heavy atom. The molecule has 0 rings (SSSR count). The summed E-state index contributed by atoms with van der Waals surface area (Å²) in [5.41, 5.74) is 5.32. The Morgan fingerprint density at radius 3 is 2.80 bits per heavy atom. The average Bonchev–Trinajstić information content (AvgIpc) is 1.87. The van der Waals surface area contributed by atoms with E-state index in [0.29, 0.717) is 18.9 Å². The molecule has 10 heavy (non-hydrogen) atoms. The Kier molecular flexibility index (Phi) is 4.66. The maximum atomic E-state index is 8.82. The summed E-state index contributed by atoms with van der Waals surface area (Å²) in [5, 5.41) is 11.6. The van der Waals surface area contributed by atoms with E-state index in [1.807, 2.05) is 0 Å². The molecule has 0 radical (unpaired) electrons. The van der Waals surface area contributed by atoms with Crippen LogP contribution in [-0.4, -0.2) is 30.8 Å². The summed E-state index contributed by atoms with van der Waals surface area (Å²) in [4.78, 5) is 3.69. The van der Waals surface area contributed by atoms with Crippen LogP contribution in [0.1, 0.15) is 13.3 Å². The molecule has 0 spiro atoms. The quantitative estimate of drug-likeness (QED) is 0.363. The number of aliphatic hydroxyl groups excluding tert-OH is 1. The van der Waals surface area contributed by atoms with Gasteiger partial charge in [0.05, 0.1) is 6.10 Å². The minimum Gasteiger partial charge on any atom is -0.393 e. The van der Waals surface area contributed by atoms with E-state index in [0.717, 1.165) is 0 Å². The minimum atomic E-state index is -0.280. The lowest BCUT2D eigenvalue weighted by Crippen LogP contribution is -2.33. The number of aliphatic imine (C=N–C) groups is 1. The van der Waals surface area contributed by atoms with Gasteiger partial charge in [0.2, 0.25) is 0 Å². The van der Waals surface area contributed by atoms with E-state index in [1.165, 1.54) is 0 Å². The van der Waals surface area contributed by atoms with Crippen molar-refractivity contribution in [2.75, 3.05) is 13.6 Å². The molecule has 0 aliphatic heterocycles. The zero-order valence-electron chi connectivity index (χ0n) is 6.46. The van der Waals surface area contributed by atoms with Crippen LogP contribution in [-0.2, 0) is 0 Å². The van der Waals surface area contributed by atoms with Gasteiger partial charge in [-0.05, 0) is 13.3 Å². The normalized spacial score (nSPS) is 14.9. The van der Waals surface area contributed by atoms with Gasteiger partial charge in [0, 0.05) is 13.6 Å². The van der Waals surface area contributed by atoms with E-state index < -0.39 is 0 Å². The number of rotatable bonds is 3. The van der Waals surface area contributed by atoms with E-state index in [2.05, 4.69) is 10.3 Å². The van der Waals surface area contributed by atoms with Crippen molar-refractivity contribution < 1.29 is 5.11 Å². The second-order valence-corrected chi connectivity index (χ2v) is 2.17. The zero-order valence-corrected chi connectivity index (χ0v) is 6.46. The van der Waals surface area contributed by atoms with Crippen molar-refractivity contribution >= 4 is 5.96 Å². The summed E-state index contributed by atoms with van der Waals surface area (Å²) in [5.74, 6) is 0.417. The largest absolute Gasteiger partial charge is 0.393 e. The molecule has 4 heteroatoms. The summed E-state index contributed by atoms with van der Waals surface area (Å²) in [6.07, 6.45) is 0.410. The highest BCUT2D eigenvalue weighted by Gasteiger charge is 1.94. The molecule has 0 aromatic rings. The summed E-state index contributed by atoms with van der Waals surface area (Å²) in [6.45, 7) is 2.40. The monoisotopic (exact) mass is 145 g/mol. The molecule has 0 aromatic heterocycles. The Morgan fingerprint density at radius 2 is 2.40 bits per heavy atom. The first-order valence-electron chi connectivity index (χ1n) is 3.31. The molecule has 0 aliphatic carbocycles. The topological polar surface area (TPSA) is 70.6 Å². The van der Waals surface area contributed by atoms with Crippen LogP contribution < -0.4 is 11.1 Å². The van der Waals surface area contributed by atoms with Crippen LogP contribution in [0.3, 0.4) is 0 Å². The lowest BCUT2D eigenvalue weighted by atomic mass is 10.3. The molecule has 0 aliphatic rings. The van der Waals surface area contributed by atoms with Crippen LogP contribution in [0.15, 0.2) is 4.99 Å². The van der Waals surface area contributed by atoms with Crippen molar-refractivity contribution in [2.45, 2.75) is 19.4 Å². The molecule has 0 heterocycles. The first-order valence-corrected chi connectivity index (χ1v) is 3.31. The highest BCUT2D eigenvalue weighted by molar-refractivity contribution is 5.77. The molecule has 1 atom stereocenters. The molecule has 60 valence electrons. The van der Waals surface area contributed by atoms with E-state index in [9.17, 15) is 0 Å². The fraction of sp³-hybridized carbons (Fsp3) is 0.833. The van der Waals surface area contributed by atoms with Crippen LogP contribution in [0.25, 0.3) is 0 Å². The zero-order chi connectivity index (χ0) is 7.98. The molecule has 0 aromatic carbocycles. The highest BCUT2D eigenvalue weighted by atomic mass is 16.3. The van der Waals surface area contributed by atoms with Gasteiger partial charge >= 0.3 is 0 Å². The van der Waals surface area contributed by atoms with Crippen LogP contribution in [0.2, 0.25) is 0 Å². The van der Waals surface area contributed by atoms with Crippen molar-refractivity contribution in [3.63, 3.8) is 0 Å². The van der Waals surface area contributed by atoms with Crippen LogP contribution >= 0.6 is 0 Å². The van der Waals surface area contributed by atoms with Gasteiger partial charge in [-0.1, -0.05) is 0 Å². The number of nitrogens with two attached hydrogens (primary N) is 1. The Bertz CT molecular complexity index is 112. The number of aliphatic hydroxyl groups is 1. The standard InChI is InChI=1S/C6H15N3O/c1-5(10)3-4-9-6(7)8-2/h5,10H,3-4H2,1-2H3,(H3,7,8,9). The highest BCUT2D eigenvalue weighted by Crippen LogP contribution is 1.84. The number of hydrogen-bond donors (Lipinski definition) is 3. The van der Waals surface area contributed by atoms with Gasteiger partial charge in [0.1, 0.15) is 0 Å². The third kappa shape index (κ3) is 5.37. The molecule has 0 saturated carbocycles. The summed E-state index contributed by atoms with van der Waals surface area (Å²) in [6, 6.07) is 0. The first kappa shape index (κ1) is 9.23. The van der Waals surface area contributed by atoms with Crippen LogP contribution in [0.4, 0.5) is 0 Å². The molecule has 0 fully saturated rings.